The molecule has 0 aromatic heterocycles. The van der Waals surface area contributed by atoms with Crippen LogP contribution in [-0.2, 0) is 14.4 Å². The third-order valence-corrected chi connectivity index (χ3v) is 1.60. The Balaban J connectivity index is 4.73. The highest BCUT2D eigenvalue weighted by Crippen LogP contribution is 2.06. The Bertz CT molecular complexity index is 286. The zero-order chi connectivity index (χ0) is 11.3. The van der Waals surface area contributed by atoms with Crippen molar-refractivity contribution in [3.8, 4) is 0 Å². The van der Waals surface area contributed by atoms with E-state index in [0.29, 0.717) is 0 Å². The molecule has 0 spiro atoms. The highest BCUT2D eigenvalue weighted by Gasteiger charge is 2.13. The molecule has 0 bridgehead atoms. The third-order valence-electron chi connectivity index (χ3n) is 1.60. The van der Waals surface area contributed by atoms with Gasteiger partial charge in [0.1, 0.15) is 5.78 Å². The fourth-order valence-electron chi connectivity index (χ4n) is 0.795. The lowest BCUT2D eigenvalue weighted by atomic mass is 10.0. The number of carbonyl (C=O) groups is 3. The van der Waals surface area contributed by atoms with Crippen molar-refractivity contribution in [1.29, 1.82) is 0 Å². The molecular formula is C10H14O4. The Kier molecular flexibility index (Phi) is 4.77. The second-order valence-electron chi connectivity index (χ2n) is 3.41. The largest absolute Gasteiger partial charge is 0.478 e. The fraction of sp³-hybridized carbons (Fsp3) is 0.500. The SMILES string of the molecule is CC(=O)C/C(=C/C(=O)C(C)C)C(=O)O. The van der Waals surface area contributed by atoms with Crippen LogP contribution in [0, 0.1) is 5.92 Å². The molecule has 0 unspecified atom stereocenters. The van der Waals surface area contributed by atoms with E-state index >= 15 is 0 Å². The maximum Gasteiger partial charge on any atom is 0.332 e. The third kappa shape index (κ3) is 4.54. The predicted molar refractivity (Wildman–Crippen MR) is 50.9 cm³/mol. The molecule has 0 saturated carbocycles. The van der Waals surface area contributed by atoms with Crippen LogP contribution in [0.3, 0.4) is 0 Å². The number of hydrogen-bond acceptors (Lipinski definition) is 3. The first-order chi connectivity index (χ1) is 6.34. The Morgan fingerprint density at radius 1 is 1.29 bits per heavy atom. The van der Waals surface area contributed by atoms with Crippen molar-refractivity contribution in [3.05, 3.63) is 11.6 Å². The average molecular weight is 198 g/mol. The van der Waals surface area contributed by atoms with Crippen LogP contribution in [0.2, 0.25) is 0 Å². The quantitative estimate of drug-likeness (QED) is 0.674. The first-order valence-corrected chi connectivity index (χ1v) is 4.31. The lowest BCUT2D eigenvalue weighted by molar-refractivity contribution is -0.134. The summed E-state index contributed by atoms with van der Waals surface area (Å²) in [6, 6.07) is 0. The minimum absolute atomic E-state index is 0.142. The van der Waals surface area contributed by atoms with E-state index < -0.39 is 5.97 Å². The van der Waals surface area contributed by atoms with Gasteiger partial charge in [-0.1, -0.05) is 13.8 Å². The summed E-state index contributed by atoms with van der Waals surface area (Å²) in [6.45, 7) is 4.63. The van der Waals surface area contributed by atoms with Crippen molar-refractivity contribution in [2.45, 2.75) is 27.2 Å². The van der Waals surface area contributed by atoms with Gasteiger partial charge in [0.25, 0.3) is 0 Å². The highest BCUT2D eigenvalue weighted by molar-refractivity contribution is 6.02. The highest BCUT2D eigenvalue weighted by atomic mass is 16.4. The molecule has 4 heteroatoms. The van der Waals surface area contributed by atoms with Gasteiger partial charge in [0, 0.05) is 17.9 Å². The first-order valence-electron chi connectivity index (χ1n) is 4.31. The molecule has 1 N–H and O–H groups in total. The van der Waals surface area contributed by atoms with Gasteiger partial charge in [0.05, 0.1) is 0 Å². The summed E-state index contributed by atoms with van der Waals surface area (Å²) >= 11 is 0. The van der Waals surface area contributed by atoms with Crippen LogP contribution < -0.4 is 0 Å². The number of aliphatic carboxylic acids is 1. The van der Waals surface area contributed by atoms with E-state index in [1.54, 1.807) is 13.8 Å². The maximum absolute atomic E-state index is 11.2. The Morgan fingerprint density at radius 2 is 1.79 bits per heavy atom. The standard InChI is InChI=1S/C10H14O4/c1-6(2)9(12)5-8(10(13)14)4-7(3)11/h5-6H,4H2,1-3H3,(H,13,14)/b8-5-. The molecule has 0 aliphatic rings. The van der Waals surface area contributed by atoms with Crippen LogP contribution in [-0.4, -0.2) is 22.6 Å². The second kappa shape index (κ2) is 5.32. The van der Waals surface area contributed by atoms with E-state index in [0.717, 1.165) is 6.08 Å². The molecule has 0 heterocycles. The summed E-state index contributed by atoms with van der Waals surface area (Å²) in [6.07, 6.45) is 0.836. The van der Waals surface area contributed by atoms with Crippen molar-refractivity contribution in [2.24, 2.45) is 5.92 Å². The van der Waals surface area contributed by atoms with Crippen LogP contribution >= 0.6 is 0 Å². The smallest absolute Gasteiger partial charge is 0.332 e. The minimum atomic E-state index is -1.21. The molecule has 14 heavy (non-hydrogen) atoms. The minimum Gasteiger partial charge on any atom is -0.478 e. The van der Waals surface area contributed by atoms with E-state index in [4.69, 9.17) is 5.11 Å². The zero-order valence-corrected chi connectivity index (χ0v) is 8.53. The van der Waals surface area contributed by atoms with Crippen LogP contribution in [0.25, 0.3) is 0 Å². The molecular weight excluding hydrogens is 184 g/mol. The molecule has 0 atom stereocenters. The molecule has 0 rings (SSSR count). The van der Waals surface area contributed by atoms with Gasteiger partial charge in [-0.25, -0.2) is 4.79 Å². The topological polar surface area (TPSA) is 71.4 Å². The van der Waals surface area contributed by atoms with E-state index in [1.807, 2.05) is 0 Å². The van der Waals surface area contributed by atoms with Gasteiger partial charge < -0.3 is 5.11 Å². The summed E-state index contributed by atoms with van der Waals surface area (Å²) in [5.74, 6) is -2.01. The summed E-state index contributed by atoms with van der Waals surface area (Å²) in [5.41, 5.74) is -0.142. The number of rotatable bonds is 5. The van der Waals surface area contributed by atoms with Gasteiger partial charge in [0.15, 0.2) is 5.78 Å². The summed E-state index contributed by atoms with van der Waals surface area (Å²) in [4.78, 5) is 32.5. The molecule has 0 aliphatic carbocycles. The van der Waals surface area contributed by atoms with Crippen LogP contribution in [0.15, 0.2) is 11.6 Å². The van der Waals surface area contributed by atoms with E-state index in [1.165, 1.54) is 6.92 Å². The van der Waals surface area contributed by atoms with Crippen molar-refractivity contribution in [2.75, 3.05) is 0 Å². The number of ketones is 2. The van der Waals surface area contributed by atoms with E-state index in [9.17, 15) is 14.4 Å². The number of allylic oxidation sites excluding steroid dienone is 1. The second-order valence-corrected chi connectivity index (χ2v) is 3.41. The van der Waals surface area contributed by atoms with Gasteiger partial charge in [0.2, 0.25) is 0 Å². The van der Waals surface area contributed by atoms with Gasteiger partial charge >= 0.3 is 5.97 Å². The first kappa shape index (κ1) is 12.6. The lowest BCUT2D eigenvalue weighted by Crippen LogP contribution is -2.10. The van der Waals surface area contributed by atoms with Crippen molar-refractivity contribution >= 4 is 17.5 Å². The number of carboxylic acid groups (broad SMARTS) is 1. The van der Waals surface area contributed by atoms with Gasteiger partial charge in [-0.2, -0.15) is 0 Å². The van der Waals surface area contributed by atoms with Crippen LogP contribution in [0.4, 0.5) is 0 Å². The van der Waals surface area contributed by atoms with E-state index in [2.05, 4.69) is 0 Å². The summed E-state index contributed by atoms with van der Waals surface area (Å²) in [5, 5.41) is 8.68. The summed E-state index contributed by atoms with van der Waals surface area (Å²) < 4.78 is 0. The monoisotopic (exact) mass is 198 g/mol. The number of hydrogen-bond donors (Lipinski definition) is 1. The van der Waals surface area contributed by atoms with Gasteiger partial charge in [-0.05, 0) is 13.0 Å². The molecule has 0 fully saturated rings. The van der Waals surface area contributed by atoms with Crippen molar-refractivity contribution in [1.82, 2.24) is 0 Å². The van der Waals surface area contributed by atoms with Crippen molar-refractivity contribution in [3.63, 3.8) is 0 Å². The number of carbonyl (C=O) groups excluding carboxylic acids is 2. The van der Waals surface area contributed by atoms with E-state index in [-0.39, 0.29) is 29.5 Å². The zero-order valence-electron chi connectivity index (χ0n) is 8.53. The maximum atomic E-state index is 11.2. The Labute approximate surface area is 82.6 Å². The van der Waals surface area contributed by atoms with Crippen LogP contribution in [0.5, 0.6) is 0 Å². The normalized spacial score (nSPS) is 11.6. The molecule has 0 saturated heterocycles. The molecule has 0 amide bonds. The Hall–Kier alpha value is -1.45. The van der Waals surface area contributed by atoms with Crippen LogP contribution in [0.1, 0.15) is 27.2 Å². The van der Waals surface area contributed by atoms with Gasteiger partial charge in [-0.15, -0.1) is 0 Å². The number of Topliss-reactive ketones (excluding diaryl/α,β-unsaturated/α-hetero) is 1. The average Bonchev–Trinajstić information content (AvgIpc) is 2.01. The van der Waals surface area contributed by atoms with Crippen molar-refractivity contribution < 1.29 is 19.5 Å². The summed E-state index contributed by atoms with van der Waals surface area (Å²) in [7, 11) is 0. The molecule has 0 aliphatic heterocycles. The Morgan fingerprint density at radius 3 is 2.07 bits per heavy atom. The van der Waals surface area contributed by atoms with Gasteiger partial charge in [-0.3, -0.25) is 9.59 Å². The molecule has 0 radical (unpaired) electrons. The predicted octanol–water partition coefficient (Wildman–Crippen LogP) is 1.20. The number of carboxylic acids is 1. The molecule has 0 aromatic rings. The molecule has 78 valence electrons. The molecule has 0 aromatic carbocycles. The lowest BCUT2D eigenvalue weighted by Gasteiger charge is -2.01. The fourth-order valence-corrected chi connectivity index (χ4v) is 0.795. The molecule has 4 nitrogen and oxygen atoms in total.